The highest BCUT2D eigenvalue weighted by molar-refractivity contribution is 4.94. The van der Waals surface area contributed by atoms with Crippen molar-refractivity contribution in [1.29, 1.82) is 0 Å². The maximum Gasteiger partial charge on any atom is 0.0595 e. The maximum atomic E-state index is 9.18. The summed E-state index contributed by atoms with van der Waals surface area (Å²) in [5.41, 5.74) is 0. The summed E-state index contributed by atoms with van der Waals surface area (Å²) in [7, 11) is 0. The van der Waals surface area contributed by atoms with E-state index >= 15 is 0 Å². The molecular formula is C6H11NO. The lowest BCUT2D eigenvalue weighted by Gasteiger charge is -2.15. The fourth-order valence-electron chi connectivity index (χ4n) is 1.81. The fourth-order valence-corrected chi connectivity index (χ4v) is 1.81. The molecule has 2 heteroatoms. The lowest BCUT2D eigenvalue weighted by molar-refractivity contribution is 0.121. The predicted molar refractivity (Wildman–Crippen MR) is 30.5 cm³/mol. The van der Waals surface area contributed by atoms with Crippen LogP contribution < -0.4 is 5.32 Å². The lowest BCUT2D eigenvalue weighted by atomic mass is 10.1. The molecule has 2 aliphatic rings. The van der Waals surface area contributed by atoms with Gasteiger partial charge in [0.2, 0.25) is 0 Å². The summed E-state index contributed by atoms with van der Waals surface area (Å²) in [6.07, 6.45) is 2.22. The number of nitrogens with one attached hydrogen (secondary N) is 1. The number of fused-ring (bicyclic) bond motifs is 2. The maximum absolute atomic E-state index is 9.18. The van der Waals surface area contributed by atoms with Crippen LogP contribution in [0, 0.1) is 5.92 Å². The number of aliphatic hydroxyl groups excluding tert-OH is 1. The molecular weight excluding hydrogens is 102 g/mol. The normalized spacial score (nSPS) is 52.9. The fraction of sp³-hybridized carbons (Fsp3) is 1.00. The number of piperidine rings is 1. The average molecular weight is 113 g/mol. The van der Waals surface area contributed by atoms with Gasteiger partial charge in [0.05, 0.1) is 6.10 Å². The van der Waals surface area contributed by atoms with Gasteiger partial charge in [-0.1, -0.05) is 0 Å². The molecule has 2 nitrogen and oxygen atoms in total. The summed E-state index contributed by atoms with van der Waals surface area (Å²) < 4.78 is 0. The van der Waals surface area contributed by atoms with Crippen molar-refractivity contribution >= 4 is 0 Å². The van der Waals surface area contributed by atoms with E-state index in [0.29, 0.717) is 12.0 Å². The Morgan fingerprint density at radius 3 is 2.50 bits per heavy atom. The Hall–Kier alpha value is -0.0800. The topological polar surface area (TPSA) is 32.3 Å². The standard InChI is InChI=1S/C6H11NO/c8-6-2-5-1-4(6)3-7-5/h4-8H,1-3H2/t4-,5+,6-/m0/s1. The molecule has 1 aliphatic heterocycles. The first-order valence-electron chi connectivity index (χ1n) is 3.28. The van der Waals surface area contributed by atoms with Gasteiger partial charge in [-0.3, -0.25) is 0 Å². The molecule has 0 amide bonds. The summed E-state index contributed by atoms with van der Waals surface area (Å²) in [6, 6.07) is 0.648. The molecule has 1 aliphatic carbocycles. The van der Waals surface area contributed by atoms with E-state index in [-0.39, 0.29) is 6.10 Å². The minimum absolute atomic E-state index is 0.0150. The van der Waals surface area contributed by atoms with Crippen molar-refractivity contribution < 1.29 is 5.11 Å². The minimum atomic E-state index is 0.0150. The van der Waals surface area contributed by atoms with Gasteiger partial charge in [0.25, 0.3) is 0 Å². The predicted octanol–water partition coefficient (Wildman–Crippen LogP) is -0.271. The molecule has 2 rings (SSSR count). The van der Waals surface area contributed by atoms with Gasteiger partial charge in [0.1, 0.15) is 0 Å². The second-order valence-corrected chi connectivity index (χ2v) is 2.90. The van der Waals surface area contributed by atoms with Crippen LogP contribution in [0.25, 0.3) is 0 Å². The Bertz CT molecular complexity index is 103. The Morgan fingerprint density at radius 1 is 1.38 bits per heavy atom. The van der Waals surface area contributed by atoms with Gasteiger partial charge in [-0.2, -0.15) is 0 Å². The monoisotopic (exact) mass is 113 g/mol. The van der Waals surface area contributed by atoms with Crippen LogP contribution >= 0.6 is 0 Å². The Labute approximate surface area is 48.9 Å². The van der Waals surface area contributed by atoms with E-state index in [1.807, 2.05) is 0 Å². The van der Waals surface area contributed by atoms with Gasteiger partial charge in [-0.25, -0.2) is 0 Å². The molecule has 1 heterocycles. The summed E-state index contributed by atoms with van der Waals surface area (Å²) in [5, 5.41) is 12.5. The zero-order chi connectivity index (χ0) is 5.56. The van der Waals surface area contributed by atoms with Crippen LogP contribution in [0.5, 0.6) is 0 Å². The Morgan fingerprint density at radius 2 is 2.25 bits per heavy atom. The molecule has 1 saturated carbocycles. The van der Waals surface area contributed by atoms with Gasteiger partial charge < -0.3 is 10.4 Å². The first kappa shape index (κ1) is 4.77. The van der Waals surface area contributed by atoms with Crippen molar-refractivity contribution in [2.45, 2.75) is 25.0 Å². The van der Waals surface area contributed by atoms with Gasteiger partial charge >= 0.3 is 0 Å². The third-order valence-corrected chi connectivity index (χ3v) is 2.33. The van der Waals surface area contributed by atoms with Gasteiger partial charge in [0, 0.05) is 12.6 Å². The van der Waals surface area contributed by atoms with Crippen LogP contribution in [-0.4, -0.2) is 23.8 Å². The van der Waals surface area contributed by atoms with Crippen LogP contribution in [0.15, 0.2) is 0 Å². The van der Waals surface area contributed by atoms with Crippen LogP contribution in [0.1, 0.15) is 12.8 Å². The van der Waals surface area contributed by atoms with E-state index in [1.54, 1.807) is 0 Å². The van der Waals surface area contributed by atoms with E-state index in [2.05, 4.69) is 5.32 Å². The molecule has 0 unspecified atom stereocenters. The molecule has 1 saturated heterocycles. The number of rotatable bonds is 0. The molecule has 2 N–H and O–H groups in total. The van der Waals surface area contributed by atoms with Gasteiger partial charge in [-0.15, -0.1) is 0 Å². The molecule has 0 aromatic carbocycles. The summed E-state index contributed by atoms with van der Waals surface area (Å²) in [4.78, 5) is 0. The van der Waals surface area contributed by atoms with E-state index in [1.165, 1.54) is 6.42 Å². The highest BCUT2D eigenvalue weighted by Gasteiger charge is 2.37. The van der Waals surface area contributed by atoms with Crippen LogP contribution in [-0.2, 0) is 0 Å². The molecule has 3 atom stereocenters. The van der Waals surface area contributed by atoms with E-state index in [4.69, 9.17) is 0 Å². The number of hydrogen-bond donors (Lipinski definition) is 2. The molecule has 0 spiro atoms. The van der Waals surface area contributed by atoms with Crippen molar-refractivity contribution in [1.82, 2.24) is 5.32 Å². The first-order chi connectivity index (χ1) is 3.86. The third kappa shape index (κ3) is 0.501. The van der Waals surface area contributed by atoms with Crippen molar-refractivity contribution in [3.05, 3.63) is 0 Å². The van der Waals surface area contributed by atoms with Crippen LogP contribution in [0.2, 0.25) is 0 Å². The van der Waals surface area contributed by atoms with Crippen molar-refractivity contribution in [2.75, 3.05) is 6.54 Å². The average Bonchev–Trinajstić information content (AvgIpc) is 2.23. The zero-order valence-corrected chi connectivity index (χ0v) is 4.80. The second kappa shape index (κ2) is 1.45. The minimum Gasteiger partial charge on any atom is -0.393 e. The van der Waals surface area contributed by atoms with Crippen molar-refractivity contribution in [3.63, 3.8) is 0 Å². The van der Waals surface area contributed by atoms with E-state index in [0.717, 1.165) is 13.0 Å². The molecule has 0 aromatic heterocycles. The van der Waals surface area contributed by atoms with Gasteiger partial charge in [-0.05, 0) is 18.8 Å². The highest BCUT2D eigenvalue weighted by atomic mass is 16.3. The largest absolute Gasteiger partial charge is 0.393 e. The number of hydrogen-bond acceptors (Lipinski definition) is 2. The van der Waals surface area contributed by atoms with Crippen LogP contribution in [0.4, 0.5) is 0 Å². The molecule has 0 aromatic rings. The zero-order valence-electron chi connectivity index (χ0n) is 4.80. The lowest BCUT2D eigenvalue weighted by Crippen LogP contribution is -2.32. The Balaban J connectivity index is 2.11. The molecule has 8 heavy (non-hydrogen) atoms. The summed E-state index contributed by atoms with van der Waals surface area (Å²) >= 11 is 0. The molecule has 2 bridgehead atoms. The summed E-state index contributed by atoms with van der Waals surface area (Å²) in [5.74, 6) is 0.583. The Kier molecular flexibility index (Phi) is 0.866. The highest BCUT2D eigenvalue weighted by Crippen LogP contribution is 2.30. The smallest absolute Gasteiger partial charge is 0.0595 e. The second-order valence-electron chi connectivity index (χ2n) is 2.90. The number of aliphatic hydroxyl groups is 1. The van der Waals surface area contributed by atoms with E-state index < -0.39 is 0 Å². The van der Waals surface area contributed by atoms with Crippen molar-refractivity contribution in [3.8, 4) is 0 Å². The molecule has 46 valence electrons. The quantitative estimate of drug-likeness (QED) is 0.453. The summed E-state index contributed by atoms with van der Waals surface area (Å²) in [6.45, 7) is 1.05. The van der Waals surface area contributed by atoms with Crippen molar-refractivity contribution in [2.24, 2.45) is 5.92 Å². The van der Waals surface area contributed by atoms with Gasteiger partial charge in [0.15, 0.2) is 0 Å². The molecule has 2 fully saturated rings. The molecule has 0 radical (unpaired) electrons. The van der Waals surface area contributed by atoms with E-state index in [9.17, 15) is 5.11 Å². The SMILES string of the molecule is O[C@H]1C[C@H]2C[C@H]1CN2. The first-order valence-corrected chi connectivity index (χ1v) is 3.28. The van der Waals surface area contributed by atoms with Crippen LogP contribution in [0.3, 0.4) is 0 Å². The third-order valence-electron chi connectivity index (χ3n) is 2.33.